The summed E-state index contributed by atoms with van der Waals surface area (Å²) in [7, 11) is 0. The van der Waals surface area contributed by atoms with E-state index in [1.54, 1.807) is 4.90 Å². The van der Waals surface area contributed by atoms with Crippen molar-refractivity contribution in [1.82, 2.24) is 0 Å². The number of ether oxygens (including phenoxy) is 1. The van der Waals surface area contributed by atoms with Gasteiger partial charge in [0.25, 0.3) is 0 Å². The van der Waals surface area contributed by atoms with Crippen molar-refractivity contribution in [1.29, 1.82) is 0 Å². The number of aliphatic hydroxyl groups excluding tert-OH is 1. The van der Waals surface area contributed by atoms with E-state index in [1.165, 1.54) is 0 Å². The van der Waals surface area contributed by atoms with Crippen molar-refractivity contribution in [3.8, 4) is 0 Å². The lowest BCUT2D eigenvalue weighted by atomic mass is 10.0. The molecule has 4 heteroatoms. The molecule has 1 atom stereocenters. The summed E-state index contributed by atoms with van der Waals surface area (Å²) in [6.07, 6.45) is 3.99. The molecule has 0 saturated heterocycles. The van der Waals surface area contributed by atoms with Crippen molar-refractivity contribution in [2.45, 2.75) is 19.1 Å². The standard InChI is InChI=1S/C19H19NO3/c21-13-12-17-11-10-16-8-4-5-9-18(16)20(17)19(22)23-14-15-6-2-1-3-7-15/h1-11,17,21H,12-14H2/t17-/m0/s1. The van der Waals surface area contributed by atoms with Crippen LogP contribution in [0.3, 0.4) is 0 Å². The van der Waals surface area contributed by atoms with Crippen molar-refractivity contribution >= 4 is 17.9 Å². The molecule has 0 aliphatic carbocycles. The summed E-state index contributed by atoms with van der Waals surface area (Å²) < 4.78 is 5.47. The Bertz CT molecular complexity index is 697. The van der Waals surface area contributed by atoms with Gasteiger partial charge < -0.3 is 9.84 Å². The van der Waals surface area contributed by atoms with E-state index in [4.69, 9.17) is 4.74 Å². The van der Waals surface area contributed by atoms with Crippen LogP contribution in [-0.2, 0) is 11.3 Å². The zero-order valence-electron chi connectivity index (χ0n) is 12.8. The first-order valence-corrected chi connectivity index (χ1v) is 7.67. The van der Waals surface area contributed by atoms with Gasteiger partial charge in [-0.1, -0.05) is 60.7 Å². The molecule has 0 spiro atoms. The van der Waals surface area contributed by atoms with E-state index in [9.17, 15) is 9.90 Å². The van der Waals surface area contributed by atoms with Crippen LogP contribution < -0.4 is 4.90 Å². The van der Waals surface area contributed by atoms with Crippen LogP contribution in [0.25, 0.3) is 6.08 Å². The number of aliphatic hydroxyl groups is 1. The molecule has 1 heterocycles. The lowest BCUT2D eigenvalue weighted by Gasteiger charge is -2.32. The third kappa shape index (κ3) is 3.43. The fraction of sp³-hybridized carbons (Fsp3) is 0.211. The van der Waals surface area contributed by atoms with Crippen molar-refractivity contribution in [3.05, 3.63) is 71.8 Å². The molecule has 23 heavy (non-hydrogen) atoms. The second kappa shape index (κ2) is 7.11. The van der Waals surface area contributed by atoms with Crippen LogP contribution in [0.1, 0.15) is 17.5 Å². The summed E-state index contributed by atoms with van der Waals surface area (Å²) in [5.74, 6) is 0. The van der Waals surface area contributed by atoms with E-state index in [0.29, 0.717) is 6.42 Å². The van der Waals surface area contributed by atoms with E-state index in [0.717, 1.165) is 16.8 Å². The molecule has 0 radical (unpaired) electrons. The van der Waals surface area contributed by atoms with Gasteiger partial charge in [0.05, 0.1) is 11.7 Å². The summed E-state index contributed by atoms with van der Waals surface area (Å²) in [4.78, 5) is 14.2. The van der Waals surface area contributed by atoms with Gasteiger partial charge in [-0.3, -0.25) is 4.90 Å². The van der Waals surface area contributed by atoms with Crippen LogP contribution in [-0.4, -0.2) is 23.8 Å². The number of carbonyl (C=O) groups excluding carboxylic acids is 1. The first kappa shape index (κ1) is 15.3. The number of fused-ring (bicyclic) bond motifs is 1. The molecule has 0 saturated carbocycles. The van der Waals surface area contributed by atoms with Crippen LogP contribution in [0.5, 0.6) is 0 Å². The Morgan fingerprint density at radius 2 is 1.83 bits per heavy atom. The van der Waals surface area contributed by atoms with Crippen LogP contribution in [0.4, 0.5) is 10.5 Å². The predicted octanol–water partition coefficient (Wildman–Crippen LogP) is 3.61. The average Bonchev–Trinajstić information content (AvgIpc) is 2.60. The molecule has 1 aliphatic heterocycles. The molecule has 2 aromatic carbocycles. The Balaban J connectivity index is 1.79. The van der Waals surface area contributed by atoms with Crippen LogP contribution in [0.2, 0.25) is 0 Å². The summed E-state index contributed by atoms with van der Waals surface area (Å²) >= 11 is 0. The molecule has 2 aromatic rings. The molecule has 1 N–H and O–H groups in total. The largest absolute Gasteiger partial charge is 0.444 e. The van der Waals surface area contributed by atoms with Gasteiger partial charge in [-0.05, 0) is 23.6 Å². The number of para-hydroxylation sites is 1. The molecule has 0 bridgehead atoms. The highest BCUT2D eigenvalue weighted by atomic mass is 16.6. The SMILES string of the molecule is O=C(OCc1ccccc1)N1c2ccccc2C=C[C@H]1CCO. The Labute approximate surface area is 135 Å². The molecule has 118 valence electrons. The second-order valence-corrected chi connectivity index (χ2v) is 5.41. The zero-order valence-corrected chi connectivity index (χ0v) is 12.8. The van der Waals surface area contributed by atoms with Crippen LogP contribution in [0.15, 0.2) is 60.7 Å². The highest BCUT2D eigenvalue weighted by Crippen LogP contribution is 2.30. The quantitative estimate of drug-likeness (QED) is 0.938. The normalized spacial score (nSPS) is 16.0. The van der Waals surface area contributed by atoms with E-state index >= 15 is 0 Å². The molecule has 0 fully saturated rings. The van der Waals surface area contributed by atoms with Gasteiger partial charge in [-0.15, -0.1) is 0 Å². The topological polar surface area (TPSA) is 49.8 Å². The minimum absolute atomic E-state index is 0.0135. The molecular weight excluding hydrogens is 290 g/mol. The van der Waals surface area contributed by atoms with Crippen molar-refractivity contribution < 1.29 is 14.6 Å². The lowest BCUT2D eigenvalue weighted by molar-refractivity contribution is 0.144. The van der Waals surface area contributed by atoms with Gasteiger partial charge in [0.1, 0.15) is 6.61 Å². The summed E-state index contributed by atoms with van der Waals surface area (Å²) in [6, 6.07) is 17.1. The number of hydrogen-bond acceptors (Lipinski definition) is 3. The zero-order chi connectivity index (χ0) is 16.1. The van der Waals surface area contributed by atoms with E-state index in [2.05, 4.69) is 0 Å². The van der Waals surface area contributed by atoms with E-state index in [1.807, 2.05) is 66.7 Å². The Morgan fingerprint density at radius 3 is 2.61 bits per heavy atom. The smallest absolute Gasteiger partial charge is 0.415 e. The lowest BCUT2D eigenvalue weighted by Crippen LogP contribution is -2.42. The number of benzene rings is 2. The average molecular weight is 309 g/mol. The number of rotatable bonds is 4. The number of amides is 1. The highest BCUT2D eigenvalue weighted by Gasteiger charge is 2.28. The Morgan fingerprint density at radius 1 is 1.09 bits per heavy atom. The van der Waals surface area contributed by atoms with E-state index < -0.39 is 6.09 Å². The maximum Gasteiger partial charge on any atom is 0.415 e. The Hall–Kier alpha value is -2.59. The van der Waals surface area contributed by atoms with Gasteiger partial charge in [-0.2, -0.15) is 0 Å². The summed E-state index contributed by atoms with van der Waals surface area (Å²) in [5, 5.41) is 9.26. The van der Waals surface area contributed by atoms with Crippen LogP contribution >= 0.6 is 0 Å². The van der Waals surface area contributed by atoms with E-state index in [-0.39, 0.29) is 19.3 Å². The summed E-state index contributed by atoms with van der Waals surface area (Å²) in [5.41, 5.74) is 2.73. The van der Waals surface area contributed by atoms with Gasteiger partial charge in [0.2, 0.25) is 0 Å². The minimum Gasteiger partial charge on any atom is -0.444 e. The maximum absolute atomic E-state index is 12.6. The third-order valence-electron chi connectivity index (χ3n) is 3.85. The number of hydrogen-bond donors (Lipinski definition) is 1. The number of nitrogens with zero attached hydrogens (tertiary/aromatic N) is 1. The molecule has 1 amide bonds. The third-order valence-corrected chi connectivity index (χ3v) is 3.85. The fourth-order valence-electron chi connectivity index (χ4n) is 2.71. The minimum atomic E-state index is -0.399. The van der Waals surface area contributed by atoms with Gasteiger partial charge in [-0.25, -0.2) is 4.79 Å². The van der Waals surface area contributed by atoms with Crippen LogP contribution in [0, 0.1) is 0 Å². The highest BCUT2D eigenvalue weighted by molar-refractivity contribution is 5.93. The number of carbonyl (C=O) groups is 1. The monoisotopic (exact) mass is 309 g/mol. The molecule has 1 aliphatic rings. The molecule has 3 rings (SSSR count). The molecular formula is C19H19NO3. The fourth-order valence-corrected chi connectivity index (χ4v) is 2.71. The molecule has 0 unspecified atom stereocenters. The van der Waals surface area contributed by atoms with Gasteiger partial charge in [0.15, 0.2) is 0 Å². The first-order chi connectivity index (χ1) is 11.3. The van der Waals surface area contributed by atoms with Gasteiger partial charge >= 0.3 is 6.09 Å². The van der Waals surface area contributed by atoms with Gasteiger partial charge in [0, 0.05) is 6.61 Å². The molecule has 0 aromatic heterocycles. The second-order valence-electron chi connectivity index (χ2n) is 5.41. The maximum atomic E-state index is 12.6. The number of anilines is 1. The summed E-state index contributed by atoms with van der Waals surface area (Å²) in [6.45, 7) is 0.244. The Kier molecular flexibility index (Phi) is 4.74. The van der Waals surface area contributed by atoms with Crippen molar-refractivity contribution in [2.24, 2.45) is 0 Å². The first-order valence-electron chi connectivity index (χ1n) is 7.67. The molecule has 4 nitrogen and oxygen atoms in total. The van der Waals surface area contributed by atoms with Crippen molar-refractivity contribution in [3.63, 3.8) is 0 Å². The predicted molar refractivity (Wildman–Crippen MR) is 90.1 cm³/mol. The van der Waals surface area contributed by atoms with Crippen molar-refractivity contribution in [2.75, 3.05) is 11.5 Å².